The maximum atomic E-state index is 2.40. The van der Waals surface area contributed by atoms with Gasteiger partial charge in [0.2, 0.25) is 0 Å². The molecular formula is C48H34N2. The van der Waals surface area contributed by atoms with Gasteiger partial charge in [-0.2, -0.15) is 0 Å². The van der Waals surface area contributed by atoms with E-state index in [0.29, 0.717) is 0 Å². The van der Waals surface area contributed by atoms with Crippen molar-refractivity contribution in [2.45, 2.75) is 0 Å². The fraction of sp³-hybridized carbons (Fsp3) is 0. The summed E-state index contributed by atoms with van der Waals surface area (Å²) in [5, 5.41) is 2.50. The average molecular weight is 639 g/mol. The minimum absolute atomic E-state index is 1.12. The van der Waals surface area contributed by atoms with Gasteiger partial charge in [0.05, 0.1) is 11.0 Å². The highest BCUT2D eigenvalue weighted by Gasteiger charge is 2.16. The second-order valence-electron chi connectivity index (χ2n) is 12.6. The molecule has 0 aliphatic carbocycles. The van der Waals surface area contributed by atoms with E-state index >= 15 is 0 Å². The molecule has 2 nitrogen and oxygen atoms in total. The summed E-state index contributed by atoms with van der Waals surface area (Å²) in [7, 11) is 0. The van der Waals surface area contributed by atoms with Crippen molar-refractivity contribution in [2.24, 2.45) is 0 Å². The molecule has 0 aliphatic heterocycles. The van der Waals surface area contributed by atoms with Crippen LogP contribution < -0.4 is 4.90 Å². The topological polar surface area (TPSA) is 8.17 Å². The summed E-state index contributed by atoms with van der Waals surface area (Å²) in [6, 6.07) is 74.0. The van der Waals surface area contributed by atoms with Gasteiger partial charge in [0.15, 0.2) is 0 Å². The van der Waals surface area contributed by atoms with Crippen molar-refractivity contribution in [3.05, 3.63) is 206 Å². The summed E-state index contributed by atoms with van der Waals surface area (Å²) in [6.45, 7) is 0. The largest absolute Gasteiger partial charge is 0.311 e. The van der Waals surface area contributed by atoms with E-state index in [2.05, 4.69) is 216 Å². The third-order valence-corrected chi connectivity index (χ3v) is 9.59. The Balaban J connectivity index is 1.10. The minimum atomic E-state index is 1.12. The minimum Gasteiger partial charge on any atom is -0.311 e. The number of anilines is 3. The van der Waals surface area contributed by atoms with Crippen LogP contribution in [0.3, 0.4) is 0 Å². The van der Waals surface area contributed by atoms with Crippen molar-refractivity contribution in [1.82, 2.24) is 4.57 Å². The van der Waals surface area contributed by atoms with E-state index < -0.39 is 0 Å². The lowest BCUT2D eigenvalue weighted by atomic mass is 10.0. The van der Waals surface area contributed by atoms with Crippen LogP contribution in [0.2, 0.25) is 0 Å². The van der Waals surface area contributed by atoms with Gasteiger partial charge in [-0.25, -0.2) is 0 Å². The fourth-order valence-corrected chi connectivity index (χ4v) is 7.13. The number of nitrogens with zero attached hydrogens (tertiary/aromatic N) is 2. The van der Waals surface area contributed by atoms with Crippen molar-refractivity contribution in [3.63, 3.8) is 0 Å². The van der Waals surface area contributed by atoms with Gasteiger partial charge in [-0.15, -0.1) is 0 Å². The first kappa shape index (κ1) is 29.5. The molecule has 1 heterocycles. The van der Waals surface area contributed by atoms with Crippen LogP contribution in [0.15, 0.2) is 206 Å². The first-order chi connectivity index (χ1) is 24.8. The van der Waals surface area contributed by atoms with Crippen LogP contribution in [0, 0.1) is 0 Å². The summed E-state index contributed by atoms with van der Waals surface area (Å²) >= 11 is 0. The quantitative estimate of drug-likeness (QED) is 0.169. The maximum Gasteiger partial charge on any atom is 0.0541 e. The lowest BCUT2D eigenvalue weighted by Crippen LogP contribution is -2.09. The molecule has 0 atom stereocenters. The second-order valence-corrected chi connectivity index (χ2v) is 12.6. The van der Waals surface area contributed by atoms with E-state index in [1.165, 1.54) is 55.2 Å². The number of aromatic nitrogens is 1. The van der Waals surface area contributed by atoms with Crippen LogP contribution in [-0.2, 0) is 0 Å². The summed E-state index contributed by atoms with van der Waals surface area (Å²) in [5.74, 6) is 0. The van der Waals surface area contributed by atoms with Gasteiger partial charge in [0.25, 0.3) is 0 Å². The van der Waals surface area contributed by atoms with Crippen molar-refractivity contribution >= 4 is 38.9 Å². The first-order valence-corrected chi connectivity index (χ1v) is 17.1. The SMILES string of the molecule is c1ccc(-c2ccc3c(c2)c2cc(-c4ccccc4)ccc2n3-c2ccc(-c3ccc(N(c4ccccc4)c4ccccc4)cc3)cc2)cc1. The van der Waals surface area contributed by atoms with E-state index in [-0.39, 0.29) is 0 Å². The molecule has 0 amide bonds. The molecule has 0 radical (unpaired) electrons. The van der Waals surface area contributed by atoms with Gasteiger partial charge in [-0.05, 0) is 106 Å². The molecule has 1 aromatic heterocycles. The molecule has 0 fully saturated rings. The number of fused-ring (bicyclic) bond motifs is 3. The summed E-state index contributed by atoms with van der Waals surface area (Å²) in [6.07, 6.45) is 0. The molecule has 0 aliphatic rings. The standard InChI is InChI=1S/C48H34N2/c1-5-13-35(14-6-1)39-25-31-47-45(33-39)46-34-40(36-15-7-2-8-16-36)26-32-48(46)50(47)44-29-23-38(24-30-44)37-21-27-43(28-22-37)49(41-17-9-3-10-18-41)42-19-11-4-12-20-42/h1-34H. The third kappa shape index (κ3) is 5.43. The monoisotopic (exact) mass is 638 g/mol. The Morgan fingerprint density at radius 3 is 1.06 bits per heavy atom. The van der Waals surface area contributed by atoms with Crippen LogP contribution in [0.5, 0.6) is 0 Å². The maximum absolute atomic E-state index is 2.40. The number of hydrogen-bond acceptors (Lipinski definition) is 1. The second kappa shape index (κ2) is 12.8. The van der Waals surface area contributed by atoms with Gasteiger partial charge < -0.3 is 9.47 Å². The average Bonchev–Trinajstić information content (AvgIpc) is 3.53. The van der Waals surface area contributed by atoms with Crippen molar-refractivity contribution in [2.75, 3.05) is 4.90 Å². The Hall–Kier alpha value is -6.64. The normalized spacial score (nSPS) is 11.2. The van der Waals surface area contributed by atoms with Crippen LogP contribution in [-0.4, -0.2) is 4.57 Å². The van der Waals surface area contributed by atoms with Gasteiger partial charge in [0.1, 0.15) is 0 Å². The van der Waals surface area contributed by atoms with E-state index in [9.17, 15) is 0 Å². The molecule has 236 valence electrons. The Bertz CT molecular complexity index is 2400. The van der Waals surface area contributed by atoms with Crippen LogP contribution in [0.25, 0.3) is 60.9 Å². The molecule has 9 aromatic rings. The number of para-hydroxylation sites is 2. The molecule has 0 bridgehead atoms. The van der Waals surface area contributed by atoms with Crippen molar-refractivity contribution < 1.29 is 0 Å². The lowest BCUT2D eigenvalue weighted by molar-refractivity contribution is 1.18. The Morgan fingerprint density at radius 2 is 0.620 bits per heavy atom. The van der Waals surface area contributed by atoms with Gasteiger partial charge >= 0.3 is 0 Å². The lowest BCUT2D eigenvalue weighted by Gasteiger charge is -2.25. The zero-order valence-corrected chi connectivity index (χ0v) is 27.5. The van der Waals surface area contributed by atoms with E-state index in [1.807, 2.05) is 0 Å². The Kier molecular flexibility index (Phi) is 7.53. The Labute approximate surface area is 292 Å². The van der Waals surface area contributed by atoms with E-state index in [0.717, 1.165) is 22.7 Å². The van der Waals surface area contributed by atoms with Crippen LogP contribution in [0.1, 0.15) is 0 Å². The third-order valence-electron chi connectivity index (χ3n) is 9.59. The first-order valence-electron chi connectivity index (χ1n) is 17.1. The predicted octanol–water partition coefficient (Wildman–Crippen LogP) is 13.3. The van der Waals surface area contributed by atoms with Crippen molar-refractivity contribution in [3.8, 4) is 39.1 Å². The molecule has 8 aromatic carbocycles. The molecule has 50 heavy (non-hydrogen) atoms. The van der Waals surface area contributed by atoms with Gasteiger partial charge in [-0.1, -0.05) is 133 Å². The highest BCUT2D eigenvalue weighted by atomic mass is 15.1. The molecule has 9 rings (SSSR count). The van der Waals surface area contributed by atoms with Gasteiger partial charge in [-0.3, -0.25) is 0 Å². The summed E-state index contributed by atoms with van der Waals surface area (Å²) in [5.41, 5.74) is 14.2. The van der Waals surface area contributed by atoms with Gasteiger partial charge in [0, 0.05) is 33.5 Å². The number of rotatable bonds is 7. The molecule has 0 spiro atoms. The predicted molar refractivity (Wildman–Crippen MR) is 212 cm³/mol. The molecule has 0 saturated heterocycles. The summed E-state index contributed by atoms with van der Waals surface area (Å²) < 4.78 is 2.40. The fourth-order valence-electron chi connectivity index (χ4n) is 7.13. The van der Waals surface area contributed by atoms with Crippen LogP contribution in [0.4, 0.5) is 17.1 Å². The Morgan fingerprint density at radius 1 is 0.280 bits per heavy atom. The molecule has 0 N–H and O–H groups in total. The molecule has 0 saturated carbocycles. The zero-order valence-electron chi connectivity index (χ0n) is 27.5. The number of benzene rings is 8. The highest BCUT2D eigenvalue weighted by Crippen LogP contribution is 2.38. The highest BCUT2D eigenvalue weighted by molar-refractivity contribution is 6.11. The summed E-state index contributed by atoms with van der Waals surface area (Å²) in [4.78, 5) is 2.29. The molecule has 2 heteroatoms. The number of hydrogen-bond donors (Lipinski definition) is 0. The van der Waals surface area contributed by atoms with E-state index in [1.54, 1.807) is 0 Å². The van der Waals surface area contributed by atoms with Crippen molar-refractivity contribution in [1.29, 1.82) is 0 Å². The molecule has 0 unspecified atom stereocenters. The van der Waals surface area contributed by atoms with Crippen LogP contribution >= 0.6 is 0 Å². The van der Waals surface area contributed by atoms with E-state index in [4.69, 9.17) is 0 Å². The molecular weight excluding hydrogens is 605 g/mol. The zero-order chi connectivity index (χ0) is 33.3. The smallest absolute Gasteiger partial charge is 0.0541 e.